The van der Waals surface area contributed by atoms with E-state index in [0.29, 0.717) is 10.4 Å². The molecule has 1 aromatic heterocycles. The quantitative estimate of drug-likeness (QED) is 0.211. The number of esters is 1. The number of halogens is 2. The fourth-order valence-corrected chi connectivity index (χ4v) is 3.61. The molecule has 3 aromatic rings. The number of methoxy groups -OCH3 is 1. The molecule has 2 aromatic carbocycles. The van der Waals surface area contributed by atoms with Crippen LogP contribution in [0.1, 0.15) is 15.2 Å². The SMILES string of the molecule is COc1cc(/C=C(\C#N)C(=O)Nc2c(Cl)cccc2Cl)ccc1OC(=O)c1cccs1. The molecule has 1 N–H and O–H groups in total. The lowest BCUT2D eigenvalue weighted by molar-refractivity contribution is -0.112. The maximum absolute atomic E-state index is 12.5. The monoisotopic (exact) mass is 472 g/mol. The summed E-state index contributed by atoms with van der Waals surface area (Å²) in [6, 6.07) is 14.7. The Bertz CT molecular complexity index is 1180. The van der Waals surface area contributed by atoms with Crippen LogP contribution in [0.4, 0.5) is 5.69 Å². The number of hydrogen-bond donors (Lipinski definition) is 1. The number of rotatable bonds is 6. The molecule has 0 saturated carbocycles. The molecular weight excluding hydrogens is 459 g/mol. The van der Waals surface area contributed by atoms with Crippen molar-refractivity contribution in [3.8, 4) is 17.6 Å². The summed E-state index contributed by atoms with van der Waals surface area (Å²) >= 11 is 13.4. The number of para-hydroxylation sites is 1. The lowest BCUT2D eigenvalue weighted by Crippen LogP contribution is -2.14. The predicted octanol–water partition coefficient (Wildman–Crippen LogP) is 5.83. The van der Waals surface area contributed by atoms with Crippen LogP contribution < -0.4 is 14.8 Å². The highest BCUT2D eigenvalue weighted by Crippen LogP contribution is 2.32. The van der Waals surface area contributed by atoms with Gasteiger partial charge in [0, 0.05) is 0 Å². The lowest BCUT2D eigenvalue weighted by Gasteiger charge is -2.10. The molecule has 0 aliphatic heterocycles. The molecule has 0 radical (unpaired) electrons. The first-order valence-electron chi connectivity index (χ1n) is 8.74. The summed E-state index contributed by atoms with van der Waals surface area (Å²) in [5.41, 5.74) is 0.525. The topological polar surface area (TPSA) is 88.4 Å². The van der Waals surface area contributed by atoms with Gasteiger partial charge in [0.15, 0.2) is 11.5 Å². The number of anilines is 1. The van der Waals surface area contributed by atoms with Crippen LogP contribution in [-0.2, 0) is 4.79 Å². The Kier molecular flexibility index (Phi) is 7.32. The number of nitrogens with one attached hydrogen (secondary N) is 1. The molecule has 0 saturated heterocycles. The fraction of sp³-hybridized carbons (Fsp3) is 0.0455. The van der Waals surface area contributed by atoms with Crippen LogP contribution in [0.25, 0.3) is 6.08 Å². The van der Waals surface area contributed by atoms with E-state index in [1.807, 2.05) is 6.07 Å². The average Bonchev–Trinajstić information content (AvgIpc) is 3.30. The zero-order valence-corrected chi connectivity index (χ0v) is 18.3. The van der Waals surface area contributed by atoms with Crippen molar-refractivity contribution in [2.75, 3.05) is 12.4 Å². The Morgan fingerprint density at radius 3 is 2.45 bits per heavy atom. The van der Waals surface area contributed by atoms with Crippen LogP contribution >= 0.6 is 34.5 Å². The first-order valence-corrected chi connectivity index (χ1v) is 10.4. The van der Waals surface area contributed by atoms with Crippen LogP contribution in [0, 0.1) is 11.3 Å². The maximum atomic E-state index is 12.5. The number of hydrogen-bond acceptors (Lipinski definition) is 6. The van der Waals surface area contributed by atoms with Gasteiger partial charge in [0.25, 0.3) is 5.91 Å². The van der Waals surface area contributed by atoms with E-state index in [2.05, 4.69) is 5.32 Å². The van der Waals surface area contributed by atoms with Gasteiger partial charge in [-0.2, -0.15) is 5.26 Å². The third kappa shape index (κ3) is 5.44. The summed E-state index contributed by atoms with van der Waals surface area (Å²) in [6.07, 6.45) is 1.37. The highest BCUT2D eigenvalue weighted by molar-refractivity contribution is 7.12. The minimum atomic E-state index is -0.676. The van der Waals surface area contributed by atoms with Crippen molar-refractivity contribution in [2.24, 2.45) is 0 Å². The van der Waals surface area contributed by atoms with Gasteiger partial charge in [-0.1, -0.05) is 41.4 Å². The Morgan fingerprint density at radius 2 is 1.84 bits per heavy atom. The van der Waals surface area contributed by atoms with Gasteiger partial charge >= 0.3 is 5.97 Å². The molecule has 6 nitrogen and oxygen atoms in total. The van der Waals surface area contributed by atoms with Crippen molar-refractivity contribution in [3.63, 3.8) is 0 Å². The van der Waals surface area contributed by atoms with Gasteiger partial charge in [0.1, 0.15) is 16.5 Å². The van der Waals surface area contributed by atoms with Gasteiger partial charge < -0.3 is 14.8 Å². The van der Waals surface area contributed by atoms with Gasteiger partial charge in [0.05, 0.1) is 22.8 Å². The van der Waals surface area contributed by atoms with E-state index in [-0.39, 0.29) is 32.8 Å². The minimum absolute atomic E-state index is 0.179. The predicted molar refractivity (Wildman–Crippen MR) is 121 cm³/mol. The second-order valence-corrected chi connectivity index (χ2v) is 7.76. The number of benzene rings is 2. The molecule has 0 bridgehead atoms. The molecule has 0 aliphatic carbocycles. The van der Waals surface area contributed by atoms with Crippen molar-refractivity contribution in [1.29, 1.82) is 5.26 Å². The van der Waals surface area contributed by atoms with Crippen molar-refractivity contribution >= 4 is 58.2 Å². The highest BCUT2D eigenvalue weighted by atomic mass is 35.5. The van der Waals surface area contributed by atoms with E-state index in [0.717, 1.165) is 0 Å². The molecule has 1 amide bonds. The van der Waals surface area contributed by atoms with Crippen LogP contribution in [0.3, 0.4) is 0 Å². The van der Waals surface area contributed by atoms with Crippen LogP contribution in [0.15, 0.2) is 59.5 Å². The molecular formula is C22H14Cl2N2O4S. The standard InChI is InChI=1S/C22H14Cl2N2O4S/c1-29-18-11-13(7-8-17(18)30-22(28)19-6-3-9-31-19)10-14(12-25)21(27)26-20-15(23)4-2-5-16(20)24/h2-11H,1H3,(H,26,27)/b14-10+. The third-order valence-corrected chi connectivity index (χ3v) is 5.47. The minimum Gasteiger partial charge on any atom is -0.493 e. The van der Waals surface area contributed by atoms with E-state index < -0.39 is 11.9 Å². The molecule has 0 spiro atoms. The molecule has 0 fully saturated rings. The van der Waals surface area contributed by atoms with Gasteiger partial charge in [-0.25, -0.2) is 4.79 Å². The van der Waals surface area contributed by atoms with Crippen molar-refractivity contribution in [3.05, 3.63) is 80.0 Å². The summed E-state index contributed by atoms with van der Waals surface area (Å²) in [7, 11) is 1.42. The van der Waals surface area contributed by atoms with Crippen LogP contribution in [-0.4, -0.2) is 19.0 Å². The van der Waals surface area contributed by atoms with Gasteiger partial charge in [-0.15, -0.1) is 11.3 Å². The number of thiophene rings is 1. The Labute approximate surface area is 192 Å². The molecule has 0 unspecified atom stereocenters. The van der Waals surface area contributed by atoms with E-state index in [1.54, 1.807) is 47.8 Å². The number of carbonyl (C=O) groups is 2. The van der Waals surface area contributed by atoms with E-state index in [9.17, 15) is 14.9 Å². The summed E-state index contributed by atoms with van der Waals surface area (Å²) in [4.78, 5) is 25.2. The van der Waals surface area contributed by atoms with Crippen LogP contribution in [0.5, 0.6) is 11.5 Å². The first kappa shape index (κ1) is 22.4. The average molecular weight is 473 g/mol. The molecule has 0 atom stereocenters. The molecule has 156 valence electrons. The summed E-state index contributed by atoms with van der Waals surface area (Å²) in [6.45, 7) is 0. The summed E-state index contributed by atoms with van der Waals surface area (Å²) in [5, 5.41) is 14.2. The molecule has 9 heteroatoms. The number of nitriles is 1. The lowest BCUT2D eigenvalue weighted by atomic mass is 10.1. The molecule has 1 heterocycles. The Hall–Kier alpha value is -3.31. The Morgan fingerprint density at radius 1 is 1.10 bits per heavy atom. The Balaban J connectivity index is 1.83. The smallest absolute Gasteiger partial charge is 0.353 e. The van der Waals surface area contributed by atoms with Crippen molar-refractivity contribution < 1.29 is 19.1 Å². The number of amides is 1. The molecule has 0 aliphatic rings. The molecule has 31 heavy (non-hydrogen) atoms. The van der Waals surface area contributed by atoms with E-state index in [1.165, 1.54) is 30.6 Å². The van der Waals surface area contributed by atoms with Gasteiger partial charge in [0.2, 0.25) is 0 Å². The fourth-order valence-electron chi connectivity index (χ4n) is 2.52. The zero-order chi connectivity index (χ0) is 22.4. The normalized spacial score (nSPS) is 10.8. The summed E-state index contributed by atoms with van der Waals surface area (Å²) < 4.78 is 10.7. The number of carbonyl (C=O) groups excluding carboxylic acids is 2. The van der Waals surface area contributed by atoms with Gasteiger partial charge in [-0.3, -0.25) is 4.79 Å². The second kappa shape index (κ2) is 10.1. The largest absolute Gasteiger partial charge is 0.493 e. The molecule has 3 rings (SSSR count). The van der Waals surface area contributed by atoms with Crippen molar-refractivity contribution in [2.45, 2.75) is 0 Å². The maximum Gasteiger partial charge on any atom is 0.353 e. The van der Waals surface area contributed by atoms with Gasteiger partial charge in [-0.05, 0) is 47.4 Å². The highest BCUT2D eigenvalue weighted by Gasteiger charge is 2.16. The zero-order valence-electron chi connectivity index (χ0n) is 16.0. The van der Waals surface area contributed by atoms with E-state index >= 15 is 0 Å². The van der Waals surface area contributed by atoms with Crippen molar-refractivity contribution in [1.82, 2.24) is 0 Å². The van der Waals surface area contributed by atoms with E-state index in [4.69, 9.17) is 32.7 Å². The first-order chi connectivity index (χ1) is 14.9. The second-order valence-electron chi connectivity index (χ2n) is 6.00. The number of nitrogens with zero attached hydrogens (tertiary/aromatic N) is 1. The summed E-state index contributed by atoms with van der Waals surface area (Å²) in [5.74, 6) is -0.704. The van der Waals surface area contributed by atoms with Crippen LogP contribution in [0.2, 0.25) is 10.0 Å². The number of ether oxygens (including phenoxy) is 2. The third-order valence-electron chi connectivity index (χ3n) is 3.99.